The van der Waals surface area contributed by atoms with Gasteiger partial charge in [-0.1, -0.05) is 0 Å². The molecular formula is C21H26N4O3. The largest absolute Gasteiger partial charge is 0.497 e. The molecule has 3 rings (SSSR count). The van der Waals surface area contributed by atoms with Crippen LogP contribution < -0.4 is 14.8 Å². The van der Waals surface area contributed by atoms with E-state index in [2.05, 4.69) is 15.4 Å². The van der Waals surface area contributed by atoms with E-state index in [-0.39, 0.29) is 5.91 Å². The summed E-state index contributed by atoms with van der Waals surface area (Å²) in [5, 5.41) is 7.37. The molecule has 0 saturated carbocycles. The number of carbonyl (C=O) groups is 1. The third kappa shape index (κ3) is 4.60. The Bertz CT molecular complexity index is 964. The van der Waals surface area contributed by atoms with Crippen molar-refractivity contribution in [2.75, 3.05) is 20.3 Å². The van der Waals surface area contributed by atoms with Gasteiger partial charge in [0.15, 0.2) is 5.65 Å². The first kappa shape index (κ1) is 19.7. The van der Waals surface area contributed by atoms with Crippen LogP contribution in [-0.4, -0.2) is 40.8 Å². The van der Waals surface area contributed by atoms with Gasteiger partial charge in [-0.15, -0.1) is 0 Å². The van der Waals surface area contributed by atoms with E-state index in [0.29, 0.717) is 26.0 Å². The lowest BCUT2D eigenvalue weighted by Crippen LogP contribution is -2.28. The highest BCUT2D eigenvalue weighted by Gasteiger charge is 2.12. The maximum Gasteiger partial charge on any atom is 0.220 e. The summed E-state index contributed by atoms with van der Waals surface area (Å²) in [6, 6.07) is 9.31. The topological polar surface area (TPSA) is 77.8 Å². The van der Waals surface area contributed by atoms with Crippen molar-refractivity contribution in [1.82, 2.24) is 19.9 Å². The molecule has 2 aromatic heterocycles. The molecule has 1 N–H and O–H groups in total. The van der Waals surface area contributed by atoms with E-state index in [1.807, 2.05) is 55.6 Å². The van der Waals surface area contributed by atoms with Gasteiger partial charge in [0.05, 0.1) is 19.3 Å². The Labute approximate surface area is 164 Å². The third-order valence-corrected chi connectivity index (χ3v) is 4.64. The van der Waals surface area contributed by atoms with Crippen LogP contribution in [0.1, 0.15) is 29.1 Å². The van der Waals surface area contributed by atoms with Crippen molar-refractivity contribution in [1.29, 1.82) is 0 Å². The van der Waals surface area contributed by atoms with Crippen LogP contribution in [0.5, 0.6) is 11.5 Å². The minimum atomic E-state index is -0.00567. The predicted molar refractivity (Wildman–Crippen MR) is 107 cm³/mol. The first-order valence-corrected chi connectivity index (χ1v) is 9.34. The molecule has 0 aliphatic heterocycles. The Hall–Kier alpha value is -3.09. The lowest BCUT2D eigenvalue weighted by Gasteiger charge is -2.11. The van der Waals surface area contributed by atoms with E-state index < -0.39 is 0 Å². The molecule has 2 heterocycles. The van der Waals surface area contributed by atoms with E-state index in [4.69, 9.17) is 9.47 Å². The van der Waals surface area contributed by atoms with Crippen LogP contribution in [0.4, 0.5) is 0 Å². The first-order valence-electron chi connectivity index (χ1n) is 9.34. The molecule has 3 aromatic rings. The summed E-state index contributed by atoms with van der Waals surface area (Å²) >= 11 is 0. The Morgan fingerprint density at radius 1 is 1.14 bits per heavy atom. The third-order valence-electron chi connectivity index (χ3n) is 4.64. The summed E-state index contributed by atoms with van der Waals surface area (Å²) in [5.74, 6) is 1.52. The van der Waals surface area contributed by atoms with Gasteiger partial charge in [0, 0.05) is 23.9 Å². The number of ether oxygens (including phenoxy) is 2. The summed E-state index contributed by atoms with van der Waals surface area (Å²) in [6.07, 6.45) is 1.03. The summed E-state index contributed by atoms with van der Waals surface area (Å²) in [5.41, 5.74) is 4.82. The Morgan fingerprint density at radius 2 is 1.86 bits per heavy atom. The number of fused-ring (bicyclic) bond motifs is 1. The number of rotatable bonds is 8. The van der Waals surface area contributed by atoms with Gasteiger partial charge in [-0.05, 0) is 57.0 Å². The number of amides is 1. The molecule has 0 aliphatic carbocycles. The van der Waals surface area contributed by atoms with Crippen LogP contribution in [0.15, 0.2) is 30.3 Å². The number of hydrogen-bond acceptors (Lipinski definition) is 5. The van der Waals surface area contributed by atoms with Crippen LogP contribution in [0, 0.1) is 20.8 Å². The molecule has 1 aromatic carbocycles. The van der Waals surface area contributed by atoms with Gasteiger partial charge in [0.2, 0.25) is 5.91 Å². The van der Waals surface area contributed by atoms with Gasteiger partial charge in [-0.2, -0.15) is 5.10 Å². The average molecular weight is 382 g/mol. The molecule has 28 heavy (non-hydrogen) atoms. The number of carbonyl (C=O) groups excluding carboxylic acids is 1. The Balaban J connectivity index is 1.47. The standard InChI is InChI=1S/C21H26N4O3/c1-14-13-20-23-15(2)19(16(3)25(20)24-14)9-10-21(26)22-11-12-28-18-7-5-17(27-4)6-8-18/h5-8,13H,9-12H2,1-4H3,(H,22,26). The molecule has 0 saturated heterocycles. The zero-order chi connectivity index (χ0) is 20.1. The second-order valence-corrected chi connectivity index (χ2v) is 6.69. The number of benzene rings is 1. The van der Waals surface area contributed by atoms with Gasteiger partial charge in [-0.3, -0.25) is 4.79 Å². The second kappa shape index (κ2) is 8.73. The fraction of sp³-hybridized carbons (Fsp3) is 0.381. The van der Waals surface area contributed by atoms with E-state index in [0.717, 1.165) is 39.8 Å². The number of nitrogens with one attached hydrogen (secondary N) is 1. The quantitative estimate of drug-likeness (QED) is 0.606. The normalized spacial score (nSPS) is 10.9. The molecule has 0 bridgehead atoms. The SMILES string of the molecule is COc1ccc(OCCNC(=O)CCc2c(C)nc3cc(C)nn3c2C)cc1. The van der Waals surface area contributed by atoms with Crippen molar-refractivity contribution in [2.24, 2.45) is 0 Å². The van der Waals surface area contributed by atoms with E-state index in [1.165, 1.54) is 0 Å². The van der Waals surface area contributed by atoms with Crippen molar-refractivity contribution < 1.29 is 14.3 Å². The summed E-state index contributed by atoms with van der Waals surface area (Å²) < 4.78 is 12.6. The van der Waals surface area contributed by atoms with Gasteiger partial charge in [0.25, 0.3) is 0 Å². The zero-order valence-electron chi connectivity index (χ0n) is 16.8. The van der Waals surface area contributed by atoms with Gasteiger partial charge >= 0.3 is 0 Å². The average Bonchev–Trinajstić information content (AvgIpc) is 3.06. The number of hydrogen-bond donors (Lipinski definition) is 1. The molecular weight excluding hydrogens is 356 g/mol. The minimum absolute atomic E-state index is 0.00567. The highest BCUT2D eigenvalue weighted by Crippen LogP contribution is 2.18. The highest BCUT2D eigenvalue weighted by atomic mass is 16.5. The van der Waals surface area contributed by atoms with Crippen LogP contribution in [0.25, 0.3) is 5.65 Å². The van der Waals surface area contributed by atoms with Gasteiger partial charge < -0.3 is 14.8 Å². The molecule has 0 spiro atoms. The van der Waals surface area contributed by atoms with Crippen LogP contribution in [-0.2, 0) is 11.2 Å². The van der Waals surface area contributed by atoms with Crippen molar-refractivity contribution in [2.45, 2.75) is 33.6 Å². The molecule has 0 aliphatic rings. The van der Waals surface area contributed by atoms with E-state index in [1.54, 1.807) is 7.11 Å². The lowest BCUT2D eigenvalue weighted by atomic mass is 10.1. The molecule has 0 fully saturated rings. The summed E-state index contributed by atoms with van der Waals surface area (Å²) in [7, 11) is 1.62. The molecule has 7 nitrogen and oxygen atoms in total. The van der Waals surface area contributed by atoms with Crippen molar-refractivity contribution >= 4 is 11.6 Å². The number of methoxy groups -OCH3 is 1. The van der Waals surface area contributed by atoms with Crippen LogP contribution >= 0.6 is 0 Å². The monoisotopic (exact) mass is 382 g/mol. The fourth-order valence-electron chi connectivity index (χ4n) is 3.16. The zero-order valence-corrected chi connectivity index (χ0v) is 16.8. The minimum Gasteiger partial charge on any atom is -0.497 e. The van der Waals surface area contributed by atoms with Crippen molar-refractivity contribution in [3.05, 3.63) is 53.0 Å². The first-order chi connectivity index (χ1) is 13.5. The van der Waals surface area contributed by atoms with Gasteiger partial charge in [0.1, 0.15) is 18.1 Å². The second-order valence-electron chi connectivity index (χ2n) is 6.69. The highest BCUT2D eigenvalue weighted by molar-refractivity contribution is 5.76. The van der Waals surface area contributed by atoms with Crippen molar-refractivity contribution in [3.8, 4) is 11.5 Å². The maximum atomic E-state index is 12.2. The summed E-state index contributed by atoms with van der Waals surface area (Å²) in [4.78, 5) is 16.8. The number of nitrogens with zero attached hydrogens (tertiary/aromatic N) is 3. The van der Waals surface area contributed by atoms with Crippen LogP contribution in [0.3, 0.4) is 0 Å². The van der Waals surface area contributed by atoms with Crippen molar-refractivity contribution in [3.63, 3.8) is 0 Å². The predicted octanol–water partition coefficient (Wildman–Crippen LogP) is 2.79. The smallest absolute Gasteiger partial charge is 0.220 e. The van der Waals surface area contributed by atoms with E-state index >= 15 is 0 Å². The lowest BCUT2D eigenvalue weighted by molar-refractivity contribution is -0.121. The number of aryl methyl sites for hydroxylation is 3. The van der Waals surface area contributed by atoms with Gasteiger partial charge in [-0.25, -0.2) is 9.50 Å². The van der Waals surface area contributed by atoms with Crippen LogP contribution in [0.2, 0.25) is 0 Å². The summed E-state index contributed by atoms with van der Waals surface area (Å²) in [6.45, 7) is 6.81. The Morgan fingerprint density at radius 3 is 2.57 bits per heavy atom. The molecule has 1 amide bonds. The Kier molecular flexibility index (Phi) is 6.13. The molecule has 0 unspecified atom stereocenters. The molecule has 0 atom stereocenters. The number of aromatic nitrogens is 3. The molecule has 7 heteroatoms. The van der Waals surface area contributed by atoms with E-state index in [9.17, 15) is 4.79 Å². The molecule has 0 radical (unpaired) electrons. The maximum absolute atomic E-state index is 12.2. The fourth-order valence-corrected chi connectivity index (χ4v) is 3.16. The molecule has 148 valence electrons.